The highest BCUT2D eigenvalue weighted by molar-refractivity contribution is 9.12. The Balaban J connectivity index is 1.22. The molecule has 3 aromatic rings. The molecule has 0 saturated carbocycles. The Morgan fingerprint density at radius 1 is 0.898 bits per heavy atom. The van der Waals surface area contributed by atoms with E-state index >= 15 is 0 Å². The van der Waals surface area contributed by atoms with Gasteiger partial charge in [-0.15, -0.1) is 0 Å². The molecule has 0 spiro atoms. The number of Topliss-reactive ketones (excluding diaryl/α,β-unsaturated/α-hetero) is 1. The van der Waals surface area contributed by atoms with Crippen molar-refractivity contribution in [3.05, 3.63) is 104 Å². The van der Waals surface area contributed by atoms with E-state index in [-0.39, 0.29) is 63.4 Å². The SMILES string of the molecule is COc1cc(Br)cc([C@H]2C3=CC[C@@H]4C(=O)N(c5ccc(N=Nc6ccc(N(C)C)cc6)cc5)C(=O)[C@@H]4[C@@H]3CC3=C2C(=O)C=C(Br)C3=O)c1O. The number of anilines is 2. The molecular weight excluding hydrogens is 756 g/mol. The Morgan fingerprint density at radius 3 is 2.18 bits per heavy atom. The molecule has 2 amide bonds. The van der Waals surface area contributed by atoms with Crippen molar-refractivity contribution in [1.82, 2.24) is 0 Å². The highest BCUT2D eigenvalue weighted by Gasteiger charge is 2.57. The van der Waals surface area contributed by atoms with Crippen molar-refractivity contribution in [1.29, 1.82) is 0 Å². The number of phenols is 1. The van der Waals surface area contributed by atoms with Crippen LogP contribution in [0.5, 0.6) is 11.5 Å². The molecule has 7 rings (SSSR count). The monoisotopic (exact) mass is 784 g/mol. The number of phenolic OH excluding ortho intramolecular Hbond substituents is 1. The summed E-state index contributed by atoms with van der Waals surface area (Å²) in [4.78, 5) is 58.5. The van der Waals surface area contributed by atoms with E-state index in [4.69, 9.17) is 4.74 Å². The van der Waals surface area contributed by atoms with E-state index in [2.05, 4.69) is 42.1 Å². The number of carbonyl (C=O) groups is 4. The van der Waals surface area contributed by atoms with Crippen LogP contribution in [-0.4, -0.2) is 49.7 Å². The molecule has 1 aliphatic heterocycles. The summed E-state index contributed by atoms with van der Waals surface area (Å²) in [6.45, 7) is 0. The van der Waals surface area contributed by atoms with Gasteiger partial charge in [0.15, 0.2) is 23.1 Å². The number of fused-ring (bicyclic) bond motifs is 3. The fourth-order valence-corrected chi connectivity index (χ4v) is 8.29. The van der Waals surface area contributed by atoms with Gasteiger partial charge in [-0.1, -0.05) is 27.6 Å². The molecule has 0 unspecified atom stereocenters. The van der Waals surface area contributed by atoms with E-state index in [9.17, 15) is 24.3 Å². The van der Waals surface area contributed by atoms with Crippen LogP contribution in [0.4, 0.5) is 22.7 Å². The third kappa shape index (κ3) is 5.56. The van der Waals surface area contributed by atoms with E-state index in [1.165, 1.54) is 18.1 Å². The van der Waals surface area contributed by atoms with Crippen molar-refractivity contribution >= 4 is 78.0 Å². The fraction of sp³-hybridized carbons (Fsp3) is 0.243. The molecule has 12 heteroatoms. The predicted molar refractivity (Wildman–Crippen MR) is 191 cm³/mol. The Morgan fingerprint density at radius 2 is 1.55 bits per heavy atom. The number of amides is 2. The number of allylic oxidation sites excluding steroid dienone is 6. The number of halogens is 2. The van der Waals surface area contributed by atoms with Gasteiger partial charge in [-0.25, -0.2) is 0 Å². The summed E-state index contributed by atoms with van der Waals surface area (Å²) in [5.74, 6) is -4.18. The lowest BCUT2D eigenvalue weighted by Gasteiger charge is -2.42. The average Bonchev–Trinajstić information content (AvgIpc) is 3.35. The van der Waals surface area contributed by atoms with Crippen LogP contribution in [0.1, 0.15) is 24.3 Å². The maximum atomic E-state index is 14.3. The van der Waals surface area contributed by atoms with Gasteiger partial charge in [-0.2, -0.15) is 10.2 Å². The summed E-state index contributed by atoms with van der Waals surface area (Å²) >= 11 is 6.72. The van der Waals surface area contributed by atoms with Gasteiger partial charge >= 0.3 is 0 Å². The summed E-state index contributed by atoms with van der Waals surface area (Å²) in [6, 6.07) is 17.7. The quantitative estimate of drug-likeness (QED) is 0.118. The van der Waals surface area contributed by atoms with Crippen molar-refractivity contribution < 1.29 is 29.0 Å². The normalized spacial score (nSPS) is 23.3. The second-order valence-electron chi connectivity index (χ2n) is 12.6. The van der Waals surface area contributed by atoms with Crippen molar-refractivity contribution in [3.63, 3.8) is 0 Å². The Bertz CT molecular complexity index is 2070. The van der Waals surface area contributed by atoms with Crippen molar-refractivity contribution in [2.24, 2.45) is 28.0 Å². The number of ketones is 2. The van der Waals surface area contributed by atoms with Crippen molar-refractivity contribution in [3.8, 4) is 11.5 Å². The zero-order valence-electron chi connectivity index (χ0n) is 26.7. The Hall–Kier alpha value is -4.68. The number of aromatic hydroxyl groups is 1. The van der Waals surface area contributed by atoms with Crippen LogP contribution in [0.25, 0.3) is 0 Å². The van der Waals surface area contributed by atoms with Crippen LogP contribution in [0.15, 0.2) is 109 Å². The van der Waals surface area contributed by atoms with Crippen LogP contribution in [0.2, 0.25) is 0 Å². The molecule has 3 aliphatic carbocycles. The molecule has 248 valence electrons. The molecule has 1 fully saturated rings. The Labute approximate surface area is 299 Å². The average molecular weight is 786 g/mol. The number of hydrogen-bond acceptors (Lipinski definition) is 9. The molecule has 0 bridgehead atoms. The first-order valence-electron chi connectivity index (χ1n) is 15.6. The summed E-state index contributed by atoms with van der Waals surface area (Å²) in [7, 11) is 5.35. The number of hydrogen-bond donors (Lipinski definition) is 1. The highest BCUT2D eigenvalue weighted by Crippen LogP contribution is 2.57. The molecule has 4 atom stereocenters. The number of ether oxygens (including phenoxy) is 1. The van der Waals surface area contributed by atoms with E-state index in [0.717, 1.165) is 11.3 Å². The number of azo groups is 1. The Kier molecular flexibility index (Phi) is 8.48. The van der Waals surface area contributed by atoms with Gasteiger partial charge in [0.05, 0.1) is 40.5 Å². The van der Waals surface area contributed by atoms with Gasteiger partial charge in [-0.05, 0) is 95.4 Å². The number of carbonyl (C=O) groups excluding carboxylic acids is 4. The maximum absolute atomic E-state index is 14.3. The van der Waals surface area contributed by atoms with Crippen LogP contribution in [0.3, 0.4) is 0 Å². The lowest BCUT2D eigenvalue weighted by atomic mass is 9.59. The van der Waals surface area contributed by atoms with Crippen LogP contribution >= 0.6 is 31.9 Å². The molecule has 3 aromatic carbocycles. The number of methoxy groups -OCH3 is 1. The largest absolute Gasteiger partial charge is 0.504 e. The first-order chi connectivity index (χ1) is 23.5. The molecule has 1 N–H and O–H groups in total. The lowest BCUT2D eigenvalue weighted by Crippen LogP contribution is -2.39. The van der Waals surface area contributed by atoms with E-state index < -0.39 is 23.7 Å². The number of imide groups is 1. The molecule has 1 saturated heterocycles. The second-order valence-corrected chi connectivity index (χ2v) is 14.3. The van der Waals surface area contributed by atoms with Crippen molar-refractivity contribution in [2.45, 2.75) is 18.8 Å². The van der Waals surface area contributed by atoms with Crippen LogP contribution < -0.4 is 14.5 Å². The molecule has 0 aromatic heterocycles. The van der Waals surface area contributed by atoms with Crippen LogP contribution in [0, 0.1) is 17.8 Å². The summed E-state index contributed by atoms with van der Waals surface area (Å²) < 4.78 is 6.14. The first-order valence-corrected chi connectivity index (χ1v) is 17.2. The second kappa shape index (κ2) is 12.6. The summed E-state index contributed by atoms with van der Waals surface area (Å²) in [5, 5.41) is 19.9. The lowest BCUT2D eigenvalue weighted by molar-refractivity contribution is -0.123. The maximum Gasteiger partial charge on any atom is 0.238 e. The fourth-order valence-electron chi connectivity index (χ4n) is 7.39. The van der Waals surface area contributed by atoms with Crippen LogP contribution in [-0.2, 0) is 19.2 Å². The zero-order chi connectivity index (χ0) is 34.7. The van der Waals surface area contributed by atoms with Gasteiger partial charge < -0.3 is 14.7 Å². The minimum Gasteiger partial charge on any atom is -0.504 e. The standard InChI is InChI=1S/C37H30Br2N4O6/c1-42(2)21-8-4-19(5-9-21)40-41-20-6-10-22(11-7-20)43-36(47)24-13-12-23-25(32(24)37(43)48)16-27-33(29(44)17-28(39)34(27)45)31(23)26-14-18(38)15-30(49-3)35(26)46/h4-12,14-15,17,24-25,31-32,46H,13,16H2,1-3H3/t24-,25+,31+,32-/m0/s1. The third-order valence-electron chi connectivity index (χ3n) is 9.69. The van der Waals surface area contributed by atoms with E-state index in [1.807, 2.05) is 49.3 Å². The van der Waals surface area contributed by atoms with Gasteiger partial charge in [0, 0.05) is 53.0 Å². The summed E-state index contributed by atoms with van der Waals surface area (Å²) in [6.07, 6.45) is 3.54. The highest BCUT2D eigenvalue weighted by atomic mass is 79.9. The van der Waals surface area contributed by atoms with E-state index in [0.29, 0.717) is 27.1 Å². The third-order valence-corrected chi connectivity index (χ3v) is 10.7. The first kappa shape index (κ1) is 32.8. The molecule has 0 radical (unpaired) electrons. The number of rotatable bonds is 6. The predicted octanol–water partition coefficient (Wildman–Crippen LogP) is 7.61. The molecular formula is C37H30Br2N4O6. The minimum atomic E-state index is -0.824. The number of nitrogens with zero attached hydrogens (tertiary/aromatic N) is 4. The number of benzene rings is 3. The minimum absolute atomic E-state index is 0.111. The van der Waals surface area contributed by atoms with Gasteiger partial charge in [0.2, 0.25) is 11.8 Å². The van der Waals surface area contributed by atoms with Gasteiger partial charge in [-0.3, -0.25) is 24.1 Å². The van der Waals surface area contributed by atoms with E-state index in [1.54, 1.807) is 36.4 Å². The molecule has 10 nitrogen and oxygen atoms in total. The topological polar surface area (TPSA) is 129 Å². The molecule has 49 heavy (non-hydrogen) atoms. The smallest absolute Gasteiger partial charge is 0.238 e. The van der Waals surface area contributed by atoms with Gasteiger partial charge in [0.1, 0.15) is 0 Å². The molecule has 4 aliphatic rings. The van der Waals surface area contributed by atoms with Gasteiger partial charge in [0.25, 0.3) is 0 Å². The van der Waals surface area contributed by atoms with Crippen molar-refractivity contribution in [2.75, 3.05) is 31.0 Å². The summed E-state index contributed by atoms with van der Waals surface area (Å²) in [5.41, 5.74) is 4.32. The molecule has 1 heterocycles. The zero-order valence-corrected chi connectivity index (χ0v) is 29.9.